The van der Waals surface area contributed by atoms with Crippen LogP contribution in [0.3, 0.4) is 0 Å². The van der Waals surface area contributed by atoms with Crippen LogP contribution in [0, 0.1) is 10.1 Å². The van der Waals surface area contributed by atoms with Crippen LogP contribution in [-0.4, -0.2) is 36.1 Å². The first-order valence-corrected chi connectivity index (χ1v) is 6.43. The van der Waals surface area contributed by atoms with Crippen molar-refractivity contribution in [2.75, 3.05) is 25.1 Å². The van der Waals surface area contributed by atoms with E-state index in [1.54, 1.807) is 37.1 Å². The van der Waals surface area contributed by atoms with Gasteiger partial charge >= 0.3 is 5.97 Å². The Morgan fingerprint density at radius 2 is 2.19 bits per heavy atom. The molecule has 0 amide bonds. The summed E-state index contributed by atoms with van der Waals surface area (Å²) in [6.07, 6.45) is 1.49. The smallest absolute Gasteiger partial charge is 0.325 e. The second-order valence-corrected chi connectivity index (χ2v) is 4.42. The lowest BCUT2D eigenvalue weighted by Gasteiger charge is -2.19. The fourth-order valence-corrected chi connectivity index (χ4v) is 2.11. The maximum atomic E-state index is 11.6. The molecule has 7 nitrogen and oxygen atoms in total. The van der Waals surface area contributed by atoms with E-state index in [1.807, 2.05) is 0 Å². The third kappa shape index (κ3) is 3.07. The standard InChI is InChI=1S/C14H15N3O4/c1-3-21-13(18)9-16(2)11-7-8-15-14-10(11)5-4-6-12(14)17(19)20/h4-8H,3,9H2,1-2H3. The first-order valence-electron chi connectivity index (χ1n) is 6.43. The summed E-state index contributed by atoms with van der Waals surface area (Å²) in [5.74, 6) is -0.351. The minimum Gasteiger partial charge on any atom is -0.465 e. The van der Waals surface area contributed by atoms with Crippen molar-refractivity contribution in [3.63, 3.8) is 0 Å². The van der Waals surface area contributed by atoms with Gasteiger partial charge < -0.3 is 9.64 Å². The molecule has 1 aromatic carbocycles. The van der Waals surface area contributed by atoms with Gasteiger partial charge in [-0.25, -0.2) is 4.98 Å². The molecule has 2 aromatic rings. The van der Waals surface area contributed by atoms with Gasteiger partial charge in [-0.1, -0.05) is 12.1 Å². The van der Waals surface area contributed by atoms with Crippen molar-refractivity contribution >= 4 is 28.2 Å². The van der Waals surface area contributed by atoms with Gasteiger partial charge in [0.25, 0.3) is 5.69 Å². The highest BCUT2D eigenvalue weighted by molar-refractivity contribution is 5.97. The predicted molar refractivity (Wildman–Crippen MR) is 78.3 cm³/mol. The van der Waals surface area contributed by atoms with Gasteiger partial charge in [0.2, 0.25) is 0 Å². The Kier molecular flexibility index (Phi) is 4.32. The molecule has 0 aliphatic carbocycles. The van der Waals surface area contributed by atoms with Crippen LogP contribution in [0.4, 0.5) is 11.4 Å². The van der Waals surface area contributed by atoms with Crippen LogP contribution >= 0.6 is 0 Å². The number of nitro benzene ring substituents is 1. The molecule has 110 valence electrons. The van der Waals surface area contributed by atoms with E-state index >= 15 is 0 Å². The Balaban J connectivity index is 2.43. The number of nitrogens with zero attached hydrogens (tertiary/aromatic N) is 3. The van der Waals surface area contributed by atoms with Crippen molar-refractivity contribution in [3.05, 3.63) is 40.6 Å². The van der Waals surface area contributed by atoms with Gasteiger partial charge in [-0.15, -0.1) is 0 Å². The van der Waals surface area contributed by atoms with Crippen LogP contribution < -0.4 is 4.90 Å². The number of ether oxygens (including phenoxy) is 1. The SMILES string of the molecule is CCOC(=O)CN(C)c1ccnc2c([N+](=O)[O-])cccc12. The Labute approximate surface area is 121 Å². The molecule has 0 atom stereocenters. The summed E-state index contributed by atoms with van der Waals surface area (Å²) < 4.78 is 4.90. The monoisotopic (exact) mass is 289 g/mol. The molecule has 0 N–H and O–H groups in total. The van der Waals surface area contributed by atoms with E-state index in [0.717, 1.165) is 0 Å². The second kappa shape index (κ2) is 6.17. The number of esters is 1. The summed E-state index contributed by atoms with van der Waals surface area (Å²) >= 11 is 0. The molecule has 0 spiro atoms. The molecule has 0 saturated heterocycles. The average Bonchev–Trinajstić information content (AvgIpc) is 2.45. The first kappa shape index (κ1) is 14.7. The van der Waals surface area contributed by atoms with Crippen LogP contribution in [-0.2, 0) is 9.53 Å². The number of rotatable bonds is 5. The topological polar surface area (TPSA) is 85.6 Å². The van der Waals surface area contributed by atoms with Gasteiger partial charge in [0.05, 0.1) is 11.5 Å². The number of hydrogen-bond acceptors (Lipinski definition) is 6. The second-order valence-electron chi connectivity index (χ2n) is 4.42. The van der Waals surface area contributed by atoms with Crippen molar-refractivity contribution < 1.29 is 14.5 Å². The largest absolute Gasteiger partial charge is 0.465 e. The van der Waals surface area contributed by atoms with Crippen LogP contribution in [0.1, 0.15) is 6.92 Å². The number of anilines is 1. The highest BCUT2D eigenvalue weighted by Gasteiger charge is 2.17. The molecular weight excluding hydrogens is 274 g/mol. The number of pyridine rings is 1. The van der Waals surface area contributed by atoms with E-state index < -0.39 is 4.92 Å². The number of para-hydroxylation sites is 1. The van der Waals surface area contributed by atoms with Crippen LogP contribution in [0.25, 0.3) is 10.9 Å². The van der Waals surface area contributed by atoms with Crippen molar-refractivity contribution in [1.82, 2.24) is 4.98 Å². The lowest BCUT2D eigenvalue weighted by atomic mass is 10.1. The third-order valence-electron chi connectivity index (χ3n) is 3.01. The molecule has 0 unspecified atom stereocenters. The molecule has 0 aliphatic heterocycles. The van der Waals surface area contributed by atoms with E-state index in [2.05, 4.69) is 4.98 Å². The van der Waals surface area contributed by atoms with Gasteiger partial charge in [0, 0.05) is 30.4 Å². The quantitative estimate of drug-likeness (QED) is 0.476. The zero-order chi connectivity index (χ0) is 15.4. The summed E-state index contributed by atoms with van der Waals surface area (Å²) in [7, 11) is 1.73. The lowest BCUT2D eigenvalue weighted by molar-refractivity contribution is -0.383. The number of hydrogen-bond donors (Lipinski definition) is 0. The Morgan fingerprint density at radius 3 is 2.86 bits per heavy atom. The van der Waals surface area contributed by atoms with E-state index in [9.17, 15) is 14.9 Å². The molecular formula is C14H15N3O4. The number of non-ortho nitro benzene ring substituents is 1. The summed E-state index contributed by atoms with van der Waals surface area (Å²) in [4.78, 5) is 27.9. The molecule has 21 heavy (non-hydrogen) atoms. The molecule has 2 rings (SSSR count). The Morgan fingerprint density at radius 1 is 1.43 bits per heavy atom. The molecule has 0 radical (unpaired) electrons. The molecule has 0 saturated carbocycles. The summed E-state index contributed by atoms with van der Waals surface area (Å²) in [5, 5.41) is 11.7. The zero-order valence-electron chi connectivity index (χ0n) is 11.8. The van der Waals surface area contributed by atoms with Crippen molar-refractivity contribution in [2.45, 2.75) is 6.92 Å². The number of likely N-dealkylation sites (N-methyl/N-ethyl adjacent to an activating group) is 1. The number of carbonyl (C=O) groups is 1. The minimum absolute atomic E-state index is 0.0566. The van der Waals surface area contributed by atoms with E-state index in [0.29, 0.717) is 23.2 Å². The summed E-state index contributed by atoms with van der Waals surface area (Å²) in [6, 6.07) is 6.46. The highest BCUT2D eigenvalue weighted by atomic mass is 16.6. The van der Waals surface area contributed by atoms with Gasteiger partial charge in [-0.05, 0) is 13.0 Å². The van der Waals surface area contributed by atoms with Crippen LogP contribution in [0.5, 0.6) is 0 Å². The van der Waals surface area contributed by atoms with Crippen molar-refractivity contribution in [3.8, 4) is 0 Å². The van der Waals surface area contributed by atoms with Crippen molar-refractivity contribution in [2.24, 2.45) is 0 Å². The van der Waals surface area contributed by atoms with Gasteiger partial charge in [-0.3, -0.25) is 14.9 Å². The van der Waals surface area contributed by atoms with E-state index in [1.165, 1.54) is 12.3 Å². The number of carbonyl (C=O) groups excluding carboxylic acids is 1. The summed E-state index contributed by atoms with van der Waals surface area (Å²) in [6.45, 7) is 2.12. The normalized spacial score (nSPS) is 10.4. The predicted octanol–water partition coefficient (Wildman–Crippen LogP) is 2.14. The van der Waals surface area contributed by atoms with Gasteiger partial charge in [0.1, 0.15) is 12.1 Å². The maximum Gasteiger partial charge on any atom is 0.325 e. The molecule has 1 heterocycles. The summed E-state index contributed by atoms with van der Waals surface area (Å²) in [5.41, 5.74) is 0.936. The van der Waals surface area contributed by atoms with Crippen LogP contribution in [0.2, 0.25) is 0 Å². The minimum atomic E-state index is -0.468. The lowest BCUT2D eigenvalue weighted by Crippen LogP contribution is -2.27. The molecule has 0 bridgehead atoms. The van der Waals surface area contributed by atoms with E-state index in [4.69, 9.17) is 4.74 Å². The number of nitro groups is 1. The fourth-order valence-electron chi connectivity index (χ4n) is 2.11. The Bertz CT molecular complexity index is 687. The number of benzene rings is 1. The third-order valence-corrected chi connectivity index (χ3v) is 3.01. The first-order chi connectivity index (χ1) is 10.0. The average molecular weight is 289 g/mol. The number of fused-ring (bicyclic) bond motifs is 1. The zero-order valence-corrected chi connectivity index (χ0v) is 11.8. The van der Waals surface area contributed by atoms with E-state index in [-0.39, 0.29) is 18.2 Å². The molecule has 0 aliphatic rings. The number of aromatic nitrogens is 1. The highest BCUT2D eigenvalue weighted by Crippen LogP contribution is 2.30. The van der Waals surface area contributed by atoms with Gasteiger partial charge in [-0.2, -0.15) is 0 Å². The molecule has 1 aromatic heterocycles. The fraction of sp³-hybridized carbons (Fsp3) is 0.286. The van der Waals surface area contributed by atoms with Crippen LogP contribution in [0.15, 0.2) is 30.5 Å². The molecule has 0 fully saturated rings. The van der Waals surface area contributed by atoms with Gasteiger partial charge in [0.15, 0.2) is 0 Å². The molecule has 7 heteroatoms. The maximum absolute atomic E-state index is 11.6. The van der Waals surface area contributed by atoms with Crippen molar-refractivity contribution in [1.29, 1.82) is 0 Å². The Hall–Kier alpha value is -2.70.